The number of benzene rings is 5. The zero-order valence-corrected chi connectivity index (χ0v) is 21.9. The van der Waals surface area contributed by atoms with Crippen LogP contribution in [0.4, 0.5) is 17.1 Å². The number of anilines is 3. The normalized spacial score (nSPS) is 12.0. The van der Waals surface area contributed by atoms with E-state index >= 15 is 0 Å². The first-order valence-electron chi connectivity index (χ1n) is 12.7. The molecule has 0 aliphatic carbocycles. The molecule has 5 aromatic carbocycles. The molecule has 1 aliphatic heterocycles. The molecular weight excluding hydrogens is 504 g/mol. The summed E-state index contributed by atoms with van der Waals surface area (Å²) in [4.78, 5) is 7.51. The average Bonchev–Trinajstić information content (AvgIpc) is 2.99. The van der Waals surface area contributed by atoms with Crippen LogP contribution in [0.15, 0.2) is 121 Å². The van der Waals surface area contributed by atoms with Crippen LogP contribution in [0, 0.1) is 0 Å². The molecule has 188 valence electrons. The maximum absolute atomic E-state index is 6.27. The summed E-state index contributed by atoms with van der Waals surface area (Å²) in [5.74, 6) is 2.42. The third-order valence-corrected chi connectivity index (χ3v) is 7.28. The number of aromatic nitrogens is 1. The van der Waals surface area contributed by atoms with Gasteiger partial charge in [-0.3, -0.25) is 0 Å². The van der Waals surface area contributed by atoms with E-state index in [0.717, 1.165) is 67.6 Å². The van der Waals surface area contributed by atoms with E-state index in [2.05, 4.69) is 53.4 Å². The molecule has 0 radical (unpaired) electrons. The van der Waals surface area contributed by atoms with E-state index in [1.165, 1.54) is 0 Å². The van der Waals surface area contributed by atoms with Gasteiger partial charge in [0, 0.05) is 16.0 Å². The molecule has 5 heteroatoms. The van der Waals surface area contributed by atoms with Crippen LogP contribution in [0.25, 0.3) is 33.3 Å². The van der Waals surface area contributed by atoms with Gasteiger partial charge in [-0.25, -0.2) is 4.98 Å². The van der Waals surface area contributed by atoms with E-state index < -0.39 is 0 Å². The molecule has 0 fully saturated rings. The van der Waals surface area contributed by atoms with Gasteiger partial charge < -0.3 is 14.4 Å². The highest BCUT2D eigenvalue weighted by Crippen LogP contribution is 2.51. The number of rotatable bonds is 4. The van der Waals surface area contributed by atoms with Gasteiger partial charge in [0.15, 0.2) is 11.5 Å². The Labute approximate surface area is 231 Å². The summed E-state index contributed by atoms with van der Waals surface area (Å²) >= 11 is 6.22. The number of fused-ring (bicyclic) bond motifs is 3. The molecule has 7 rings (SSSR count). The van der Waals surface area contributed by atoms with E-state index in [1.54, 1.807) is 7.11 Å². The van der Waals surface area contributed by atoms with Crippen molar-refractivity contribution < 1.29 is 9.47 Å². The molecule has 0 saturated carbocycles. The molecule has 1 aromatic heterocycles. The Hall–Kier alpha value is -4.80. The minimum absolute atomic E-state index is 0.692. The lowest BCUT2D eigenvalue weighted by molar-refractivity contribution is 0.415. The van der Waals surface area contributed by atoms with Crippen molar-refractivity contribution in [3.8, 4) is 39.6 Å². The fraction of sp³-hybridized carbons (Fsp3) is 0.0294. The van der Waals surface area contributed by atoms with Gasteiger partial charge in [0.25, 0.3) is 0 Å². The van der Waals surface area contributed by atoms with Crippen molar-refractivity contribution in [3.05, 3.63) is 126 Å². The first kappa shape index (κ1) is 23.3. The number of hydrogen-bond acceptors (Lipinski definition) is 4. The van der Waals surface area contributed by atoms with Gasteiger partial charge in [0.1, 0.15) is 5.75 Å². The Bertz CT molecular complexity index is 1790. The Balaban J connectivity index is 1.53. The van der Waals surface area contributed by atoms with Crippen molar-refractivity contribution in [2.75, 3.05) is 12.0 Å². The second kappa shape index (κ2) is 9.50. The molecule has 0 N–H and O–H groups in total. The second-order valence-corrected chi connectivity index (χ2v) is 9.77. The summed E-state index contributed by atoms with van der Waals surface area (Å²) in [5.41, 5.74) is 7.83. The molecule has 1 aliphatic rings. The van der Waals surface area contributed by atoms with Crippen LogP contribution in [0.2, 0.25) is 5.02 Å². The Morgan fingerprint density at radius 1 is 0.667 bits per heavy atom. The molecule has 4 nitrogen and oxygen atoms in total. The topological polar surface area (TPSA) is 34.6 Å². The first-order valence-corrected chi connectivity index (χ1v) is 13.1. The van der Waals surface area contributed by atoms with Crippen LogP contribution in [0.5, 0.6) is 17.2 Å². The van der Waals surface area contributed by atoms with E-state index in [9.17, 15) is 0 Å². The summed E-state index contributed by atoms with van der Waals surface area (Å²) in [6.07, 6.45) is 0. The second-order valence-electron chi connectivity index (χ2n) is 9.34. The van der Waals surface area contributed by atoms with Crippen LogP contribution in [0.1, 0.15) is 0 Å². The Morgan fingerprint density at radius 3 is 1.95 bits per heavy atom. The smallest absolute Gasteiger partial charge is 0.151 e. The zero-order valence-electron chi connectivity index (χ0n) is 21.1. The fourth-order valence-corrected chi connectivity index (χ4v) is 5.28. The third kappa shape index (κ3) is 4.06. The van der Waals surface area contributed by atoms with Crippen molar-refractivity contribution in [2.45, 2.75) is 0 Å². The van der Waals surface area contributed by atoms with Crippen LogP contribution >= 0.6 is 11.6 Å². The summed E-state index contributed by atoms with van der Waals surface area (Å²) in [6.45, 7) is 0. The Morgan fingerprint density at radius 2 is 1.28 bits per heavy atom. The third-order valence-electron chi connectivity index (χ3n) is 7.03. The lowest BCUT2D eigenvalue weighted by Gasteiger charge is -2.33. The number of nitrogens with zero attached hydrogens (tertiary/aromatic N) is 2. The predicted octanol–water partition coefficient (Wildman–Crippen LogP) is 9.81. The largest absolute Gasteiger partial charge is 0.497 e. The van der Waals surface area contributed by atoms with Gasteiger partial charge in [-0.05, 0) is 71.8 Å². The maximum Gasteiger partial charge on any atom is 0.151 e. The SMILES string of the molecule is COc1ccc(-c2cc(-c3ccc(Cl)cc3)nc3c(N4c5ccccc5Oc5ccccc54)cccc23)cc1. The number of methoxy groups -OCH3 is 1. The molecule has 0 atom stereocenters. The standard InChI is InChI=1S/C34H23ClN2O2/c1-38-25-19-15-22(16-20-25)27-21-28(23-13-17-24(35)18-14-23)36-34-26(27)7-6-10-31(34)37-29-8-2-4-11-32(29)39-33-12-5-3-9-30(33)37/h2-21H,1H3. The summed E-state index contributed by atoms with van der Waals surface area (Å²) in [5, 5.41) is 1.74. The number of halogens is 1. The maximum atomic E-state index is 6.27. The molecule has 0 bridgehead atoms. The summed E-state index contributed by atoms with van der Waals surface area (Å²) in [6, 6.07) is 40.7. The molecule has 2 heterocycles. The predicted molar refractivity (Wildman–Crippen MR) is 159 cm³/mol. The molecule has 0 unspecified atom stereocenters. The molecule has 6 aromatic rings. The van der Waals surface area contributed by atoms with Crippen molar-refractivity contribution in [3.63, 3.8) is 0 Å². The van der Waals surface area contributed by atoms with Crippen LogP contribution in [0.3, 0.4) is 0 Å². The van der Waals surface area contributed by atoms with Gasteiger partial charge in [0.05, 0.1) is 35.4 Å². The number of para-hydroxylation sites is 5. The molecular formula is C34H23ClN2O2. The van der Waals surface area contributed by atoms with Crippen molar-refractivity contribution in [1.82, 2.24) is 4.98 Å². The van der Waals surface area contributed by atoms with Crippen LogP contribution in [-0.2, 0) is 0 Å². The zero-order chi connectivity index (χ0) is 26.3. The van der Waals surface area contributed by atoms with E-state index in [0.29, 0.717) is 5.02 Å². The Kier molecular flexibility index (Phi) is 5.68. The minimum atomic E-state index is 0.692. The summed E-state index contributed by atoms with van der Waals surface area (Å²) in [7, 11) is 1.68. The van der Waals surface area contributed by atoms with Crippen molar-refractivity contribution >= 4 is 39.6 Å². The monoisotopic (exact) mass is 526 g/mol. The number of hydrogen-bond donors (Lipinski definition) is 0. The fourth-order valence-electron chi connectivity index (χ4n) is 5.16. The highest BCUT2D eigenvalue weighted by Gasteiger charge is 2.27. The van der Waals surface area contributed by atoms with Gasteiger partial charge in [0.2, 0.25) is 0 Å². The van der Waals surface area contributed by atoms with E-state index in [4.69, 9.17) is 26.1 Å². The highest BCUT2D eigenvalue weighted by molar-refractivity contribution is 6.30. The van der Waals surface area contributed by atoms with Gasteiger partial charge in [-0.1, -0.05) is 72.3 Å². The number of pyridine rings is 1. The summed E-state index contributed by atoms with van der Waals surface area (Å²) < 4.78 is 11.7. The minimum Gasteiger partial charge on any atom is -0.497 e. The molecule has 0 amide bonds. The lowest BCUT2D eigenvalue weighted by Crippen LogP contribution is -2.16. The van der Waals surface area contributed by atoms with Crippen LogP contribution in [-0.4, -0.2) is 12.1 Å². The first-order chi connectivity index (χ1) is 19.2. The highest BCUT2D eigenvalue weighted by atomic mass is 35.5. The lowest BCUT2D eigenvalue weighted by atomic mass is 9.97. The molecule has 0 saturated heterocycles. The van der Waals surface area contributed by atoms with E-state index in [1.807, 2.05) is 72.8 Å². The molecule has 0 spiro atoms. The molecule has 39 heavy (non-hydrogen) atoms. The van der Waals surface area contributed by atoms with Gasteiger partial charge >= 0.3 is 0 Å². The van der Waals surface area contributed by atoms with Crippen molar-refractivity contribution in [2.24, 2.45) is 0 Å². The van der Waals surface area contributed by atoms with Gasteiger partial charge in [-0.2, -0.15) is 0 Å². The van der Waals surface area contributed by atoms with Gasteiger partial charge in [-0.15, -0.1) is 0 Å². The van der Waals surface area contributed by atoms with E-state index in [-0.39, 0.29) is 0 Å². The van der Waals surface area contributed by atoms with Crippen molar-refractivity contribution in [1.29, 1.82) is 0 Å². The quantitative estimate of drug-likeness (QED) is 0.228. The number of ether oxygens (including phenoxy) is 2. The average molecular weight is 527 g/mol. The van der Waals surface area contributed by atoms with Crippen LogP contribution < -0.4 is 14.4 Å².